The van der Waals surface area contributed by atoms with Crippen molar-refractivity contribution in [3.8, 4) is 0 Å². The third kappa shape index (κ3) is 3.23. The fourth-order valence-electron chi connectivity index (χ4n) is 2.53. The molecule has 0 spiro atoms. The van der Waals surface area contributed by atoms with E-state index in [1.54, 1.807) is 24.4 Å². The van der Waals surface area contributed by atoms with Gasteiger partial charge in [-0.3, -0.25) is 14.0 Å². The molecule has 0 unspecified atom stereocenters. The number of fused-ring (bicyclic) bond motifs is 1. The summed E-state index contributed by atoms with van der Waals surface area (Å²) in [5.74, 6) is -0.416. The van der Waals surface area contributed by atoms with Gasteiger partial charge >= 0.3 is 0 Å². The summed E-state index contributed by atoms with van der Waals surface area (Å²) in [4.78, 5) is 29.2. The molecule has 3 rings (SSSR count). The van der Waals surface area contributed by atoms with Crippen LogP contribution in [0.4, 0.5) is 0 Å². The van der Waals surface area contributed by atoms with Crippen molar-refractivity contribution in [1.29, 1.82) is 0 Å². The second-order valence-electron chi connectivity index (χ2n) is 5.39. The van der Waals surface area contributed by atoms with Crippen LogP contribution < -0.4 is 10.9 Å². The highest BCUT2D eigenvalue weighted by atomic mass is 79.9. The van der Waals surface area contributed by atoms with E-state index in [2.05, 4.69) is 26.2 Å². The number of nitrogens with zero attached hydrogens (tertiary/aromatic N) is 2. The van der Waals surface area contributed by atoms with Crippen LogP contribution in [-0.2, 0) is 0 Å². The Labute approximate surface area is 147 Å². The molecule has 0 fully saturated rings. The number of benzene rings is 1. The van der Waals surface area contributed by atoms with Gasteiger partial charge in [-0.25, -0.2) is 4.98 Å². The van der Waals surface area contributed by atoms with Gasteiger partial charge in [-0.05, 0) is 36.2 Å². The Morgan fingerprint density at radius 2 is 2.00 bits per heavy atom. The molecule has 1 amide bonds. The number of hydrogen-bond donors (Lipinski definition) is 1. The molecular weight excluding hydrogens is 370 g/mol. The molecule has 0 aliphatic heterocycles. The molecule has 0 saturated heterocycles. The van der Waals surface area contributed by atoms with Crippen molar-refractivity contribution in [3.05, 3.63) is 80.8 Å². The standard InChI is InChI=1S/C18H16BrN3O2/c1-2-15(12-6-8-13(19)9-7-12)21-17(23)14-11-20-16-5-3-4-10-22(16)18(14)24/h3-11,15H,2H2,1H3,(H,21,23)/t15-/m1/s1. The monoisotopic (exact) mass is 385 g/mol. The van der Waals surface area contributed by atoms with Gasteiger partial charge in [0.25, 0.3) is 11.5 Å². The minimum atomic E-state index is -0.416. The van der Waals surface area contributed by atoms with Crippen molar-refractivity contribution in [2.45, 2.75) is 19.4 Å². The number of halogens is 1. The number of carbonyl (C=O) groups is 1. The van der Waals surface area contributed by atoms with Crippen LogP contribution >= 0.6 is 15.9 Å². The van der Waals surface area contributed by atoms with E-state index in [0.717, 1.165) is 16.5 Å². The first kappa shape index (κ1) is 16.4. The first-order chi connectivity index (χ1) is 11.6. The lowest BCUT2D eigenvalue weighted by atomic mass is 10.0. The van der Waals surface area contributed by atoms with E-state index in [1.807, 2.05) is 31.2 Å². The Balaban J connectivity index is 1.90. The molecule has 1 aromatic carbocycles. The van der Waals surface area contributed by atoms with Crippen LogP contribution in [0.2, 0.25) is 0 Å². The van der Waals surface area contributed by atoms with Crippen LogP contribution in [0.1, 0.15) is 35.3 Å². The average Bonchev–Trinajstić information content (AvgIpc) is 2.61. The maximum atomic E-state index is 12.5. The second kappa shape index (κ2) is 6.97. The topological polar surface area (TPSA) is 63.5 Å². The van der Waals surface area contributed by atoms with E-state index in [-0.39, 0.29) is 17.2 Å². The van der Waals surface area contributed by atoms with Gasteiger partial charge in [0.05, 0.1) is 6.04 Å². The molecule has 0 aliphatic carbocycles. The predicted octanol–water partition coefficient (Wildman–Crippen LogP) is 3.34. The summed E-state index contributed by atoms with van der Waals surface area (Å²) in [5.41, 5.74) is 1.17. The zero-order valence-electron chi connectivity index (χ0n) is 13.1. The van der Waals surface area contributed by atoms with Gasteiger partial charge in [0, 0.05) is 16.9 Å². The van der Waals surface area contributed by atoms with E-state index in [4.69, 9.17) is 0 Å². The zero-order valence-corrected chi connectivity index (χ0v) is 14.7. The summed E-state index contributed by atoms with van der Waals surface area (Å²) in [6.45, 7) is 1.98. The number of aromatic nitrogens is 2. The van der Waals surface area contributed by atoms with Crippen molar-refractivity contribution in [3.63, 3.8) is 0 Å². The van der Waals surface area contributed by atoms with Gasteiger partial charge in [0.15, 0.2) is 0 Å². The molecule has 0 saturated carbocycles. The SMILES string of the molecule is CC[C@@H](NC(=O)c1cnc2ccccn2c1=O)c1ccc(Br)cc1. The summed E-state index contributed by atoms with van der Waals surface area (Å²) in [5, 5.41) is 2.92. The van der Waals surface area contributed by atoms with E-state index < -0.39 is 5.91 Å². The van der Waals surface area contributed by atoms with Crippen molar-refractivity contribution < 1.29 is 4.79 Å². The molecular formula is C18H16BrN3O2. The summed E-state index contributed by atoms with van der Waals surface area (Å²) < 4.78 is 2.35. The minimum absolute atomic E-state index is 0.0364. The number of amides is 1. The van der Waals surface area contributed by atoms with Gasteiger partial charge in [0.1, 0.15) is 11.2 Å². The molecule has 3 aromatic rings. The number of carbonyl (C=O) groups excluding carboxylic acids is 1. The van der Waals surface area contributed by atoms with Crippen molar-refractivity contribution >= 4 is 27.5 Å². The smallest absolute Gasteiger partial charge is 0.270 e. The molecule has 2 aromatic heterocycles. The fourth-order valence-corrected chi connectivity index (χ4v) is 2.80. The van der Waals surface area contributed by atoms with Gasteiger partial charge in [-0.15, -0.1) is 0 Å². The maximum absolute atomic E-state index is 12.5. The fraction of sp³-hybridized carbons (Fsp3) is 0.167. The quantitative estimate of drug-likeness (QED) is 0.748. The van der Waals surface area contributed by atoms with Crippen molar-refractivity contribution in [1.82, 2.24) is 14.7 Å². The molecule has 2 heterocycles. The van der Waals surface area contributed by atoms with Crippen LogP contribution in [0.3, 0.4) is 0 Å². The molecule has 122 valence electrons. The van der Waals surface area contributed by atoms with Crippen molar-refractivity contribution in [2.75, 3.05) is 0 Å². The number of pyridine rings is 1. The van der Waals surface area contributed by atoms with Crippen molar-refractivity contribution in [2.24, 2.45) is 0 Å². The molecule has 1 atom stereocenters. The largest absolute Gasteiger partial charge is 0.345 e. The third-order valence-corrected chi connectivity index (χ3v) is 4.37. The first-order valence-corrected chi connectivity index (χ1v) is 8.42. The van der Waals surface area contributed by atoms with E-state index in [9.17, 15) is 9.59 Å². The Morgan fingerprint density at radius 1 is 1.25 bits per heavy atom. The van der Waals surface area contributed by atoms with Crippen LogP contribution in [0, 0.1) is 0 Å². The lowest BCUT2D eigenvalue weighted by molar-refractivity contribution is 0.0933. The van der Waals surface area contributed by atoms with Gasteiger partial charge in [0.2, 0.25) is 0 Å². The van der Waals surface area contributed by atoms with Crippen LogP contribution in [-0.4, -0.2) is 15.3 Å². The van der Waals surface area contributed by atoms with Crippen LogP contribution in [0.25, 0.3) is 5.65 Å². The summed E-state index contributed by atoms with van der Waals surface area (Å²) >= 11 is 3.40. The van der Waals surface area contributed by atoms with Gasteiger partial charge < -0.3 is 5.32 Å². The predicted molar refractivity (Wildman–Crippen MR) is 96.1 cm³/mol. The highest BCUT2D eigenvalue weighted by Gasteiger charge is 2.18. The molecule has 5 nitrogen and oxygen atoms in total. The molecule has 1 N–H and O–H groups in total. The average molecular weight is 386 g/mol. The highest BCUT2D eigenvalue weighted by Crippen LogP contribution is 2.19. The van der Waals surface area contributed by atoms with E-state index >= 15 is 0 Å². The van der Waals surface area contributed by atoms with Crippen LogP contribution in [0.15, 0.2) is 64.1 Å². The normalized spacial score (nSPS) is 12.1. The maximum Gasteiger partial charge on any atom is 0.270 e. The lowest BCUT2D eigenvalue weighted by Crippen LogP contribution is -2.34. The lowest BCUT2D eigenvalue weighted by Gasteiger charge is -2.17. The third-order valence-electron chi connectivity index (χ3n) is 3.84. The zero-order chi connectivity index (χ0) is 17.1. The van der Waals surface area contributed by atoms with Crippen LogP contribution in [0.5, 0.6) is 0 Å². The Kier molecular flexibility index (Phi) is 4.76. The molecule has 0 radical (unpaired) electrons. The summed E-state index contributed by atoms with van der Waals surface area (Å²) in [6.07, 6.45) is 3.66. The van der Waals surface area contributed by atoms with Gasteiger partial charge in [-0.2, -0.15) is 0 Å². The second-order valence-corrected chi connectivity index (χ2v) is 6.31. The Bertz CT molecular complexity index is 935. The van der Waals surface area contributed by atoms with E-state index in [1.165, 1.54) is 10.6 Å². The Morgan fingerprint density at radius 3 is 2.71 bits per heavy atom. The summed E-state index contributed by atoms with van der Waals surface area (Å²) in [6, 6.07) is 12.8. The molecule has 0 bridgehead atoms. The molecule has 6 heteroatoms. The number of hydrogen-bond acceptors (Lipinski definition) is 3. The highest BCUT2D eigenvalue weighted by molar-refractivity contribution is 9.10. The van der Waals surface area contributed by atoms with E-state index in [0.29, 0.717) is 5.65 Å². The van der Waals surface area contributed by atoms with Gasteiger partial charge in [-0.1, -0.05) is 41.1 Å². The molecule has 0 aliphatic rings. The number of nitrogens with one attached hydrogen (secondary N) is 1. The minimum Gasteiger partial charge on any atom is -0.345 e. The first-order valence-electron chi connectivity index (χ1n) is 7.63. The summed E-state index contributed by atoms with van der Waals surface area (Å²) in [7, 11) is 0. The Hall–Kier alpha value is -2.47. The molecule has 24 heavy (non-hydrogen) atoms. The number of rotatable bonds is 4.